The Bertz CT molecular complexity index is 1620. The first-order valence-electron chi connectivity index (χ1n) is 14.7. The number of halogens is 3. The van der Waals surface area contributed by atoms with E-state index in [-0.39, 0.29) is 41.9 Å². The molecule has 2 heterocycles. The lowest BCUT2D eigenvalue weighted by Gasteiger charge is -2.45. The van der Waals surface area contributed by atoms with Crippen molar-refractivity contribution in [2.24, 2.45) is 5.41 Å². The van der Waals surface area contributed by atoms with Crippen LogP contribution in [-0.4, -0.2) is 51.9 Å². The topological polar surface area (TPSA) is 127 Å². The zero-order valence-corrected chi connectivity index (χ0v) is 25.1. The molecule has 0 radical (unpaired) electrons. The van der Waals surface area contributed by atoms with E-state index in [2.05, 4.69) is 10.3 Å². The van der Waals surface area contributed by atoms with Crippen LogP contribution in [0.5, 0.6) is 0 Å². The van der Waals surface area contributed by atoms with Gasteiger partial charge in [0.05, 0.1) is 17.2 Å². The van der Waals surface area contributed by atoms with Gasteiger partial charge < -0.3 is 10.4 Å². The van der Waals surface area contributed by atoms with Gasteiger partial charge in [-0.2, -0.15) is 5.26 Å². The largest absolute Gasteiger partial charge is 0.386 e. The standard InChI is InChI=1S/C33H34F3N5O4/c1-31(2,45)21-14-22(34)16-24(15-21)40(30(44)25-7-8-27(42)41(25)26-13-20(19-37)9-12-38-26)28(32(3)10-5-4-6-11-32)29(43)39-23-17-33(35,36)18-23/h4-6,9-10,12-16,23,25,28,45H,7-8,11,17-18H2,1-3H3,(H,39,43). The molecule has 3 amide bonds. The van der Waals surface area contributed by atoms with Gasteiger partial charge >= 0.3 is 0 Å². The van der Waals surface area contributed by atoms with Crippen molar-refractivity contribution < 1.29 is 32.7 Å². The molecule has 1 aromatic carbocycles. The molecule has 9 nitrogen and oxygen atoms in total. The van der Waals surface area contributed by atoms with Crippen molar-refractivity contribution in [2.45, 2.75) is 82.5 Å². The first-order valence-corrected chi connectivity index (χ1v) is 14.7. The Morgan fingerprint density at radius 3 is 2.58 bits per heavy atom. The van der Waals surface area contributed by atoms with E-state index < -0.39 is 71.4 Å². The van der Waals surface area contributed by atoms with Crippen LogP contribution in [0.25, 0.3) is 0 Å². The maximum atomic E-state index is 15.2. The Kier molecular flexibility index (Phi) is 8.35. The van der Waals surface area contributed by atoms with Crippen LogP contribution in [0.4, 0.5) is 24.7 Å². The molecule has 12 heteroatoms. The molecule has 236 valence electrons. The number of alkyl halides is 2. The summed E-state index contributed by atoms with van der Waals surface area (Å²) in [5.41, 5.74) is -2.34. The van der Waals surface area contributed by atoms with Gasteiger partial charge in [0.25, 0.3) is 11.8 Å². The Hall–Kier alpha value is -4.50. The summed E-state index contributed by atoms with van der Waals surface area (Å²) in [6.07, 6.45) is 7.53. The number of carbonyl (C=O) groups is 3. The Balaban J connectivity index is 1.66. The normalized spacial score (nSPS) is 23.3. The smallest absolute Gasteiger partial charge is 0.252 e. The second-order valence-electron chi connectivity index (χ2n) is 12.7. The Morgan fingerprint density at radius 1 is 1.22 bits per heavy atom. The molecular formula is C33H34F3N5O4. The zero-order valence-electron chi connectivity index (χ0n) is 25.1. The molecule has 3 atom stereocenters. The molecule has 5 rings (SSSR count). The van der Waals surface area contributed by atoms with Gasteiger partial charge in [-0.15, -0.1) is 0 Å². The number of pyridine rings is 1. The van der Waals surface area contributed by atoms with Gasteiger partial charge in [-0.1, -0.05) is 31.2 Å². The van der Waals surface area contributed by atoms with Crippen LogP contribution in [0.1, 0.15) is 64.0 Å². The van der Waals surface area contributed by atoms with Gasteiger partial charge in [0.1, 0.15) is 23.7 Å². The number of nitrogens with one attached hydrogen (secondary N) is 1. The molecule has 45 heavy (non-hydrogen) atoms. The van der Waals surface area contributed by atoms with Gasteiger partial charge in [0.2, 0.25) is 11.8 Å². The third kappa shape index (κ3) is 6.49. The minimum absolute atomic E-state index is 0.0330. The fourth-order valence-electron chi connectivity index (χ4n) is 6.16. The molecule has 3 unspecified atom stereocenters. The number of aliphatic hydroxyl groups is 1. The van der Waals surface area contributed by atoms with Crippen molar-refractivity contribution in [1.82, 2.24) is 10.3 Å². The highest BCUT2D eigenvalue weighted by Gasteiger charge is 2.51. The molecule has 2 fully saturated rings. The number of hydrogen-bond acceptors (Lipinski definition) is 6. The molecule has 3 aliphatic rings. The van der Waals surface area contributed by atoms with Crippen molar-refractivity contribution in [3.05, 3.63) is 77.8 Å². The minimum Gasteiger partial charge on any atom is -0.386 e. The number of rotatable bonds is 8. The maximum absolute atomic E-state index is 15.2. The summed E-state index contributed by atoms with van der Waals surface area (Å²) in [5, 5.41) is 22.9. The molecule has 2 aliphatic carbocycles. The van der Waals surface area contributed by atoms with Gasteiger partial charge in [0.15, 0.2) is 0 Å². The van der Waals surface area contributed by atoms with Crippen LogP contribution in [-0.2, 0) is 20.0 Å². The summed E-state index contributed by atoms with van der Waals surface area (Å²) in [4.78, 5) is 48.7. The number of anilines is 2. The fraction of sp³-hybridized carbons (Fsp3) is 0.424. The van der Waals surface area contributed by atoms with Crippen LogP contribution in [0, 0.1) is 22.6 Å². The van der Waals surface area contributed by atoms with Crippen LogP contribution in [0.2, 0.25) is 0 Å². The number of carbonyl (C=O) groups excluding carboxylic acids is 3. The number of nitriles is 1. The molecule has 1 saturated carbocycles. The highest BCUT2D eigenvalue weighted by atomic mass is 19.3. The number of aromatic nitrogens is 1. The van der Waals surface area contributed by atoms with Crippen molar-refractivity contribution in [3.8, 4) is 6.07 Å². The van der Waals surface area contributed by atoms with E-state index >= 15 is 4.39 Å². The lowest BCUT2D eigenvalue weighted by molar-refractivity contribution is -0.134. The highest BCUT2D eigenvalue weighted by Crippen LogP contribution is 2.42. The molecule has 2 N–H and O–H groups in total. The van der Waals surface area contributed by atoms with Crippen molar-refractivity contribution in [2.75, 3.05) is 9.80 Å². The van der Waals surface area contributed by atoms with E-state index in [0.717, 1.165) is 17.0 Å². The van der Waals surface area contributed by atoms with Crippen LogP contribution < -0.4 is 15.1 Å². The lowest BCUT2D eigenvalue weighted by Crippen LogP contribution is -2.63. The average Bonchev–Trinajstić information content (AvgIpc) is 3.35. The summed E-state index contributed by atoms with van der Waals surface area (Å²) in [6, 6.07) is 4.98. The van der Waals surface area contributed by atoms with E-state index in [1.165, 1.54) is 43.1 Å². The van der Waals surface area contributed by atoms with E-state index in [1.807, 2.05) is 6.07 Å². The predicted molar refractivity (Wildman–Crippen MR) is 159 cm³/mol. The van der Waals surface area contributed by atoms with Crippen LogP contribution >= 0.6 is 0 Å². The van der Waals surface area contributed by atoms with Crippen molar-refractivity contribution >= 4 is 29.2 Å². The van der Waals surface area contributed by atoms with Crippen molar-refractivity contribution in [3.63, 3.8) is 0 Å². The van der Waals surface area contributed by atoms with Gasteiger partial charge in [-0.25, -0.2) is 18.2 Å². The minimum atomic E-state index is -2.92. The number of nitrogens with zero attached hydrogens (tertiary/aromatic N) is 4. The summed E-state index contributed by atoms with van der Waals surface area (Å²) in [6.45, 7) is 4.62. The van der Waals surface area contributed by atoms with Crippen LogP contribution in [0.15, 0.2) is 60.8 Å². The fourth-order valence-corrected chi connectivity index (χ4v) is 6.16. The van der Waals surface area contributed by atoms with Crippen LogP contribution in [0.3, 0.4) is 0 Å². The predicted octanol–water partition coefficient (Wildman–Crippen LogP) is 4.65. The molecule has 1 saturated heterocycles. The molecule has 1 aromatic heterocycles. The molecular weight excluding hydrogens is 587 g/mol. The third-order valence-electron chi connectivity index (χ3n) is 8.57. The Labute approximate surface area is 259 Å². The van der Waals surface area contributed by atoms with Crippen molar-refractivity contribution in [1.29, 1.82) is 5.26 Å². The highest BCUT2D eigenvalue weighted by molar-refractivity contribution is 6.11. The maximum Gasteiger partial charge on any atom is 0.252 e. The number of allylic oxidation sites excluding steroid dienone is 3. The average molecular weight is 622 g/mol. The molecule has 0 spiro atoms. The summed E-state index contributed by atoms with van der Waals surface area (Å²) in [5.74, 6) is -5.53. The van der Waals surface area contributed by atoms with E-state index in [1.54, 1.807) is 31.2 Å². The van der Waals surface area contributed by atoms with Gasteiger partial charge in [-0.3, -0.25) is 24.2 Å². The third-order valence-corrected chi connectivity index (χ3v) is 8.57. The quantitative estimate of drug-likeness (QED) is 0.442. The number of amides is 3. The SMILES string of the molecule is CC(C)(O)c1cc(F)cc(N(C(=O)C2CCC(=O)N2c2cc(C#N)ccn2)C(C(=O)NC2CC(F)(F)C2)C2(C)C=CC=CC2)c1. The number of benzene rings is 1. The first-order chi connectivity index (χ1) is 21.1. The molecule has 0 bridgehead atoms. The summed E-state index contributed by atoms with van der Waals surface area (Å²) in [7, 11) is 0. The lowest BCUT2D eigenvalue weighted by atomic mass is 9.74. The van der Waals surface area contributed by atoms with E-state index in [4.69, 9.17) is 0 Å². The Morgan fingerprint density at radius 2 is 1.96 bits per heavy atom. The van der Waals surface area contributed by atoms with E-state index in [0.29, 0.717) is 0 Å². The monoisotopic (exact) mass is 621 g/mol. The first kappa shape index (κ1) is 31.9. The molecule has 1 aliphatic heterocycles. The summed E-state index contributed by atoms with van der Waals surface area (Å²) < 4.78 is 42.8. The van der Waals surface area contributed by atoms with Gasteiger partial charge in [0, 0.05) is 42.6 Å². The number of hydrogen-bond donors (Lipinski definition) is 2. The zero-order chi connectivity index (χ0) is 32.7. The molecule has 2 aromatic rings. The van der Waals surface area contributed by atoms with Gasteiger partial charge in [-0.05, 0) is 62.6 Å². The summed E-state index contributed by atoms with van der Waals surface area (Å²) >= 11 is 0. The second kappa shape index (κ2) is 11.8. The second-order valence-corrected chi connectivity index (χ2v) is 12.7. The van der Waals surface area contributed by atoms with E-state index in [9.17, 15) is 33.5 Å².